The molecule has 22 heavy (non-hydrogen) atoms. The molecule has 0 radical (unpaired) electrons. The number of carbonyl (C=O) groups is 2. The number of halogens is 1. The average Bonchev–Trinajstić information content (AvgIpc) is 3.13. The summed E-state index contributed by atoms with van der Waals surface area (Å²) in [6, 6.07) is 10.4. The van der Waals surface area contributed by atoms with E-state index in [1.54, 1.807) is 40.9 Å². The molecule has 1 fully saturated rings. The van der Waals surface area contributed by atoms with Gasteiger partial charge in [0.25, 0.3) is 5.91 Å². The fraction of sp³-hybridized carbons (Fsp3) is 0.294. The normalized spacial score (nSPS) is 17.7. The lowest BCUT2D eigenvalue weighted by Crippen LogP contribution is -2.41. The molecule has 2 aromatic rings. The number of Topliss-reactive ketones (excluding diaryl/α,β-unsaturated/α-hetero) is 1. The highest BCUT2D eigenvalue weighted by atomic mass is 35.5. The van der Waals surface area contributed by atoms with Crippen molar-refractivity contribution in [3.63, 3.8) is 0 Å². The minimum atomic E-state index is -0.386. The van der Waals surface area contributed by atoms with Gasteiger partial charge in [0.15, 0.2) is 5.78 Å². The Bertz CT molecular complexity index is 709. The summed E-state index contributed by atoms with van der Waals surface area (Å²) in [5.41, 5.74) is 1.16. The van der Waals surface area contributed by atoms with Gasteiger partial charge < -0.3 is 9.47 Å². The van der Waals surface area contributed by atoms with Gasteiger partial charge in [-0.2, -0.15) is 0 Å². The van der Waals surface area contributed by atoms with Crippen LogP contribution in [0.25, 0.3) is 0 Å². The second-order valence-corrected chi connectivity index (χ2v) is 5.98. The molecule has 1 aliphatic heterocycles. The van der Waals surface area contributed by atoms with E-state index in [0.29, 0.717) is 29.2 Å². The van der Waals surface area contributed by atoms with Gasteiger partial charge in [-0.15, -0.1) is 0 Å². The van der Waals surface area contributed by atoms with Crippen LogP contribution >= 0.6 is 11.6 Å². The van der Waals surface area contributed by atoms with Crippen molar-refractivity contribution >= 4 is 23.3 Å². The predicted octanol–water partition coefficient (Wildman–Crippen LogP) is 3.17. The molecule has 5 heteroatoms. The van der Waals surface area contributed by atoms with Crippen molar-refractivity contribution in [2.24, 2.45) is 7.05 Å². The summed E-state index contributed by atoms with van der Waals surface area (Å²) < 4.78 is 1.70. The first kappa shape index (κ1) is 14.9. The molecule has 0 N–H and O–H groups in total. The maximum absolute atomic E-state index is 12.7. The summed E-state index contributed by atoms with van der Waals surface area (Å²) in [4.78, 5) is 27.0. The fourth-order valence-corrected chi connectivity index (χ4v) is 3.21. The van der Waals surface area contributed by atoms with Crippen molar-refractivity contribution < 1.29 is 9.59 Å². The zero-order chi connectivity index (χ0) is 15.7. The molecule has 2 heterocycles. The molecule has 1 aliphatic rings. The van der Waals surface area contributed by atoms with Crippen molar-refractivity contribution in [2.45, 2.75) is 18.9 Å². The van der Waals surface area contributed by atoms with E-state index in [4.69, 9.17) is 11.6 Å². The fourth-order valence-electron chi connectivity index (χ4n) is 2.96. The first-order valence-electron chi connectivity index (χ1n) is 7.30. The molecular formula is C17H17ClN2O2. The molecule has 1 aromatic heterocycles. The smallest absolute Gasteiger partial charge is 0.271 e. The quantitative estimate of drug-likeness (QED) is 0.816. The first-order chi connectivity index (χ1) is 10.6. The molecule has 1 atom stereocenters. The minimum Gasteiger partial charge on any atom is -0.345 e. The Morgan fingerprint density at radius 1 is 1.23 bits per heavy atom. The molecule has 4 nitrogen and oxygen atoms in total. The summed E-state index contributed by atoms with van der Waals surface area (Å²) >= 11 is 5.95. The van der Waals surface area contributed by atoms with Crippen LogP contribution in [0.2, 0.25) is 5.02 Å². The van der Waals surface area contributed by atoms with Gasteiger partial charge in [-0.1, -0.05) is 41.9 Å². The van der Waals surface area contributed by atoms with Gasteiger partial charge in [-0.3, -0.25) is 9.59 Å². The van der Waals surface area contributed by atoms with Crippen molar-refractivity contribution in [3.05, 3.63) is 58.9 Å². The van der Waals surface area contributed by atoms with Crippen LogP contribution < -0.4 is 0 Å². The molecule has 1 amide bonds. The first-order valence-corrected chi connectivity index (χ1v) is 7.68. The number of amides is 1. The number of hydrogen-bond acceptors (Lipinski definition) is 2. The number of benzene rings is 1. The van der Waals surface area contributed by atoms with Crippen molar-refractivity contribution in [3.8, 4) is 0 Å². The van der Waals surface area contributed by atoms with Crippen LogP contribution in [-0.4, -0.2) is 33.7 Å². The van der Waals surface area contributed by atoms with E-state index in [9.17, 15) is 9.59 Å². The molecule has 0 saturated carbocycles. The third-order valence-electron chi connectivity index (χ3n) is 4.07. The Hall–Kier alpha value is -2.07. The van der Waals surface area contributed by atoms with Gasteiger partial charge in [0, 0.05) is 25.4 Å². The lowest BCUT2D eigenvalue weighted by atomic mass is 10.0. The summed E-state index contributed by atoms with van der Waals surface area (Å²) in [7, 11) is 1.78. The number of aryl methyl sites for hydroxylation is 1. The highest BCUT2D eigenvalue weighted by Gasteiger charge is 2.35. The van der Waals surface area contributed by atoms with Gasteiger partial charge in [-0.25, -0.2) is 0 Å². The predicted molar refractivity (Wildman–Crippen MR) is 85.3 cm³/mol. The van der Waals surface area contributed by atoms with E-state index in [2.05, 4.69) is 0 Å². The number of rotatable bonds is 3. The molecular weight excluding hydrogens is 300 g/mol. The highest BCUT2D eigenvalue weighted by Crippen LogP contribution is 2.24. The maximum atomic E-state index is 12.7. The SMILES string of the molecule is Cn1cc(Cl)cc1C(=O)N1CCC[C@@H]1C(=O)c1ccccc1. The Morgan fingerprint density at radius 3 is 2.59 bits per heavy atom. The molecule has 1 saturated heterocycles. The van der Waals surface area contributed by atoms with Gasteiger partial charge in [-0.05, 0) is 18.9 Å². The monoisotopic (exact) mass is 316 g/mol. The molecule has 1 aromatic carbocycles. The van der Waals surface area contributed by atoms with E-state index < -0.39 is 0 Å². The van der Waals surface area contributed by atoms with Crippen LogP contribution in [0.3, 0.4) is 0 Å². The Kier molecular flexibility index (Phi) is 4.03. The number of aromatic nitrogens is 1. The third-order valence-corrected chi connectivity index (χ3v) is 4.27. The molecule has 0 spiro atoms. The van der Waals surface area contributed by atoms with Gasteiger partial charge >= 0.3 is 0 Å². The maximum Gasteiger partial charge on any atom is 0.271 e. The number of likely N-dealkylation sites (tertiary alicyclic amines) is 1. The second kappa shape index (κ2) is 5.97. The van der Waals surface area contributed by atoms with E-state index in [-0.39, 0.29) is 17.7 Å². The van der Waals surface area contributed by atoms with Crippen molar-refractivity contribution in [2.75, 3.05) is 6.54 Å². The van der Waals surface area contributed by atoms with E-state index in [0.717, 1.165) is 6.42 Å². The standard InChI is InChI=1S/C17H17ClN2O2/c1-19-11-13(18)10-15(19)17(22)20-9-5-8-14(20)16(21)12-6-3-2-4-7-12/h2-4,6-7,10-11,14H,5,8-9H2,1H3/t14-/m1/s1. The summed E-state index contributed by atoms with van der Waals surface area (Å²) in [6.07, 6.45) is 3.24. The molecule has 114 valence electrons. The topological polar surface area (TPSA) is 42.3 Å². The third kappa shape index (κ3) is 2.66. The lowest BCUT2D eigenvalue weighted by Gasteiger charge is -2.24. The lowest BCUT2D eigenvalue weighted by molar-refractivity contribution is 0.0664. The zero-order valence-corrected chi connectivity index (χ0v) is 13.1. The minimum absolute atomic E-state index is 0.00626. The highest BCUT2D eigenvalue weighted by molar-refractivity contribution is 6.31. The molecule has 3 rings (SSSR count). The van der Waals surface area contributed by atoms with Gasteiger partial charge in [0.05, 0.1) is 11.1 Å². The second-order valence-electron chi connectivity index (χ2n) is 5.54. The number of nitrogens with zero attached hydrogens (tertiary/aromatic N) is 2. The zero-order valence-electron chi connectivity index (χ0n) is 12.3. The molecule has 0 bridgehead atoms. The Labute approximate surface area is 134 Å². The van der Waals surface area contributed by atoms with E-state index in [1.165, 1.54) is 0 Å². The summed E-state index contributed by atoms with van der Waals surface area (Å²) in [6.45, 7) is 0.602. The van der Waals surface area contributed by atoms with Crippen LogP contribution in [-0.2, 0) is 7.05 Å². The summed E-state index contributed by atoms with van der Waals surface area (Å²) in [5.74, 6) is -0.132. The van der Waals surface area contributed by atoms with Crippen LogP contribution in [0.1, 0.15) is 33.7 Å². The molecule has 0 aliphatic carbocycles. The number of hydrogen-bond donors (Lipinski definition) is 0. The number of ketones is 1. The van der Waals surface area contributed by atoms with E-state index in [1.807, 2.05) is 18.2 Å². The molecule has 0 unspecified atom stereocenters. The van der Waals surface area contributed by atoms with Crippen molar-refractivity contribution in [1.29, 1.82) is 0 Å². The van der Waals surface area contributed by atoms with E-state index >= 15 is 0 Å². The average molecular weight is 317 g/mol. The van der Waals surface area contributed by atoms with Gasteiger partial charge in [0.2, 0.25) is 0 Å². The largest absolute Gasteiger partial charge is 0.345 e. The van der Waals surface area contributed by atoms with Crippen LogP contribution in [0.4, 0.5) is 0 Å². The Balaban J connectivity index is 1.86. The Morgan fingerprint density at radius 2 is 1.95 bits per heavy atom. The summed E-state index contributed by atoms with van der Waals surface area (Å²) in [5, 5.41) is 0.524. The van der Waals surface area contributed by atoms with Crippen LogP contribution in [0.15, 0.2) is 42.6 Å². The van der Waals surface area contributed by atoms with Crippen LogP contribution in [0.5, 0.6) is 0 Å². The number of carbonyl (C=O) groups excluding carboxylic acids is 2. The van der Waals surface area contributed by atoms with Crippen molar-refractivity contribution in [1.82, 2.24) is 9.47 Å². The van der Waals surface area contributed by atoms with Crippen LogP contribution in [0, 0.1) is 0 Å². The van der Waals surface area contributed by atoms with Gasteiger partial charge in [0.1, 0.15) is 5.69 Å².